The molecule has 5 heteroatoms. The van der Waals surface area contributed by atoms with Gasteiger partial charge in [0.15, 0.2) is 5.78 Å². The summed E-state index contributed by atoms with van der Waals surface area (Å²) in [5.74, 6) is 1.26. The lowest BCUT2D eigenvalue weighted by Crippen LogP contribution is -2.29. The van der Waals surface area contributed by atoms with E-state index >= 15 is 0 Å². The van der Waals surface area contributed by atoms with Crippen molar-refractivity contribution in [3.8, 4) is 17.2 Å². The average molecular weight is 475 g/mol. The Morgan fingerprint density at radius 3 is 2.66 bits per heavy atom. The van der Waals surface area contributed by atoms with E-state index < -0.39 is 17.8 Å². The first kappa shape index (κ1) is 24.8. The van der Waals surface area contributed by atoms with Crippen LogP contribution in [0.4, 0.5) is 0 Å². The number of ether oxygens (including phenoxy) is 2. The van der Waals surface area contributed by atoms with Gasteiger partial charge in [-0.3, -0.25) is 4.79 Å². The number of fused-ring (bicyclic) bond motifs is 2. The molecular weight excluding hydrogens is 440 g/mol. The number of carbonyl (C=O) groups is 1. The number of benzene rings is 2. The number of aromatic hydroxyl groups is 1. The van der Waals surface area contributed by atoms with Crippen LogP contribution in [0.3, 0.4) is 0 Å². The standard InChI is InChI=1S/C30H34O5/c1-17(2)7-8-22-24(31)10-9-23-26(33)16-27(34-29(22)23)20-13-19-11-12-30(5,6)35-28(19)21(14-20)15-25(32)18(3)4/h7,9-14,25,27,31-32H,3,8,15-16H2,1-2,4-6H3/t25-,27+/m1/s1. The highest BCUT2D eigenvalue weighted by atomic mass is 16.5. The molecule has 0 amide bonds. The molecule has 2 atom stereocenters. The van der Waals surface area contributed by atoms with Crippen molar-refractivity contribution in [2.45, 2.75) is 71.7 Å². The number of hydrogen-bond donors (Lipinski definition) is 2. The second-order valence-corrected chi connectivity index (χ2v) is 10.4. The molecule has 35 heavy (non-hydrogen) atoms. The van der Waals surface area contributed by atoms with E-state index in [0.717, 1.165) is 28.0 Å². The zero-order valence-corrected chi connectivity index (χ0v) is 21.1. The van der Waals surface area contributed by atoms with Crippen molar-refractivity contribution in [3.05, 3.63) is 82.0 Å². The van der Waals surface area contributed by atoms with Crippen LogP contribution in [0.5, 0.6) is 17.2 Å². The Balaban J connectivity index is 1.78. The van der Waals surface area contributed by atoms with Crippen LogP contribution < -0.4 is 9.47 Å². The lowest BCUT2D eigenvalue weighted by atomic mass is 9.89. The zero-order valence-electron chi connectivity index (χ0n) is 21.1. The second kappa shape index (κ2) is 9.38. The molecule has 4 rings (SSSR count). The lowest BCUT2D eigenvalue weighted by molar-refractivity contribution is 0.0847. The monoisotopic (exact) mass is 474 g/mol. The van der Waals surface area contributed by atoms with Crippen molar-refractivity contribution in [3.63, 3.8) is 0 Å². The van der Waals surface area contributed by atoms with Crippen molar-refractivity contribution in [1.82, 2.24) is 0 Å². The van der Waals surface area contributed by atoms with Gasteiger partial charge in [0.2, 0.25) is 0 Å². The lowest BCUT2D eigenvalue weighted by Gasteiger charge is -2.32. The molecule has 0 unspecified atom stereocenters. The number of phenolic OH excluding ortho intramolecular Hbond substituents is 1. The quantitative estimate of drug-likeness (QED) is 0.483. The molecule has 2 aliphatic rings. The summed E-state index contributed by atoms with van der Waals surface area (Å²) in [4.78, 5) is 13.1. The first-order chi connectivity index (χ1) is 16.4. The first-order valence-electron chi connectivity index (χ1n) is 12.0. The molecular formula is C30H34O5. The number of Topliss-reactive ketones (excluding diaryl/α,β-unsaturated/α-hetero) is 1. The Bertz CT molecular complexity index is 1240. The highest BCUT2D eigenvalue weighted by Gasteiger charge is 2.33. The van der Waals surface area contributed by atoms with Gasteiger partial charge in [0.05, 0.1) is 18.1 Å². The first-order valence-corrected chi connectivity index (χ1v) is 12.0. The Morgan fingerprint density at radius 2 is 1.97 bits per heavy atom. The van der Waals surface area contributed by atoms with Gasteiger partial charge in [0, 0.05) is 17.5 Å². The minimum atomic E-state index is -0.714. The predicted molar refractivity (Wildman–Crippen MR) is 138 cm³/mol. The van der Waals surface area contributed by atoms with E-state index in [-0.39, 0.29) is 18.0 Å². The van der Waals surface area contributed by atoms with Gasteiger partial charge < -0.3 is 19.7 Å². The highest BCUT2D eigenvalue weighted by Crippen LogP contribution is 2.43. The third kappa shape index (κ3) is 5.20. The summed E-state index contributed by atoms with van der Waals surface area (Å²) < 4.78 is 12.7. The minimum absolute atomic E-state index is 0.0242. The van der Waals surface area contributed by atoms with Gasteiger partial charge in [-0.2, -0.15) is 0 Å². The number of phenols is 1. The molecule has 5 nitrogen and oxygen atoms in total. The third-order valence-corrected chi connectivity index (χ3v) is 6.48. The van der Waals surface area contributed by atoms with Gasteiger partial charge in [0.25, 0.3) is 0 Å². The Labute approximate surface area is 207 Å². The summed E-state index contributed by atoms with van der Waals surface area (Å²) >= 11 is 0. The van der Waals surface area contributed by atoms with Crippen molar-refractivity contribution >= 4 is 11.9 Å². The van der Waals surface area contributed by atoms with Gasteiger partial charge in [-0.15, -0.1) is 0 Å². The van der Waals surface area contributed by atoms with Gasteiger partial charge in [-0.25, -0.2) is 0 Å². The van der Waals surface area contributed by atoms with Crippen molar-refractivity contribution in [2.24, 2.45) is 0 Å². The fourth-order valence-corrected chi connectivity index (χ4v) is 4.42. The fourth-order valence-electron chi connectivity index (χ4n) is 4.42. The SMILES string of the molecule is C=C(C)[C@H](O)Cc1cc([C@@H]2CC(=O)c3ccc(O)c(CC=C(C)C)c3O2)cc2c1OC(C)(C)C=C2. The Kier molecular flexibility index (Phi) is 6.65. The summed E-state index contributed by atoms with van der Waals surface area (Å²) in [5, 5.41) is 21.1. The van der Waals surface area contributed by atoms with Crippen LogP contribution in [0.25, 0.3) is 6.08 Å². The van der Waals surface area contributed by atoms with Gasteiger partial charge in [0.1, 0.15) is 29.0 Å². The Hall–Kier alpha value is -3.31. The molecule has 2 aliphatic heterocycles. The van der Waals surface area contributed by atoms with Crippen molar-refractivity contribution in [2.75, 3.05) is 0 Å². The predicted octanol–water partition coefficient (Wildman–Crippen LogP) is 6.27. The van der Waals surface area contributed by atoms with Crippen LogP contribution in [-0.2, 0) is 12.8 Å². The molecule has 0 saturated heterocycles. The van der Waals surface area contributed by atoms with E-state index in [0.29, 0.717) is 35.3 Å². The van der Waals surface area contributed by atoms with E-state index in [1.807, 2.05) is 58.1 Å². The molecule has 0 aromatic heterocycles. The molecule has 0 bridgehead atoms. The Morgan fingerprint density at radius 1 is 1.23 bits per heavy atom. The molecule has 2 aromatic carbocycles. The van der Waals surface area contributed by atoms with E-state index in [1.165, 1.54) is 0 Å². The highest BCUT2D eigenvalue weighted by molar-refractivity contribution is 6.00. The number of allylic oxidation sites excluding steroid dienone is 2. The maximum Gasteiger partial charge on any atom is 0.170 e. The fraction of sp³-hybridized carbons (Fsp3) is 0.367. The molecule has 0 aliphatic carbocycles. The molecule has 0 saturated carbocycles. The van der Waals surface area contributed by atoms with Crippen molar-refractivity contribution < 1.29 is 24.5 Å². The van der Waals surface area contributed by atoms with E-state index in [4.69, 9.17) is 9.47 Å². The third-order valence-electron chi connectivity index (χ3n) is 6.48. The maximum atomic E-state index is 13.1. The van der Waals surface area contributed by atoms with Gasteiger partial charge >= 0.3 is 0 Å². The van der Waals surface area contributed by atoms with Crippen LogP contribution in [-0.4, -0.2) is 27.7 Å². The van der Waals surface area contributed by atoms with Crippen LogP contribution in [0.2, 0.25) is 0 Å². The molecule has 0 spiro atoms. The number of carbonyl (C=O) groups excluding carboxylic acids is 1. The largest absolute Gasteiger partial charge is 0.508 e. The number of aliphatic hydroxyl groups is 1. The minimum Gasteiger partial charge on any atom is -0.508 e. The molecule has 0 fully saturated rings. The number of rotatable bonds is 6. The molecule has 2 N–H and O–H groups in total. The number of ketones is 1. The summed E-state index contributed by atoms with van der Waals surface area (Å²) in [7, 11) is 0. The van der Waals surface area contributed by atoms with Gasteiger partial charge in [-0.05, 0) is 82.5 Å². The van der Waals surface area contributed by atoms with Crippen molar-refractivity contribution in [1.29, 1.82) is 0 Å². The average Bonchev–Trinajstić information content (AvgIpc) is 2.77. The molecule has 2 aromatic rings. The smallest absolute Gasteiger partial charge is 0.170 e. The molecule has 0 radical (unpaired) electrons. The summed E-state index contributed by atoms with van der Waals surface area (Å²) in [5.41, 5.74) is 4.99. The summed E-state index contributed by atoms with van der Waals surface area (Å²) in [6.07, 6.45) is 5.80. The summed E-state index contributed by atoms with van der Waals surface area (Å²) in [6.45, 7) is 13.6. The molecule has 2 heterocycles. The second-order valence-electron chi connectivity index (χ2n) is 10.4. The normalized spacial score (nSPS) is 18.6. The maximum absolute atomic E-state index is 13.1. The molecule has 184 valence electrons. The van der Waals surface area contributed by atoms with Crippen LogP contribution in [0.1, 0.15) is 79.8 Å². The van der Waals surface area contributed by atoms with E-state index in [9.17, 15) is 15.0 Å². The van der Waals surface area contributed by atoms with Crippen LogP contribution in [0, 0.1) is 0 Å². The van der Waals surface area contributed by atoms with E-state index in [2.05, 4.69) is 6.58 Å². The number of hydrogen-bond acceptors (Lipinski definition) is 5. The van der Waals surface area contributed by atoms with Crippen LogP contribution >= 0.6 is 0 Å². The van der Waals surface area contributed by atoms with Crippen LogP contribution in [0.15, 0.2) is 54.1 Å². The summed E-state index contributed by atoms with van der Waals surface area (Å²) in [6, 6.07) is 7.14. The van der Waals surface area contributed by atoms with Gasteiger partial charge in [-0.1, -0.05) is 29.9 Å². The topological polar surface area (TPSA) is 76.0 Å². The van der Waals surface area contributed by atoms with E-state index in [1.54, 1.807) is 19.1 Å². The zero-order chi connectivity index (χ0) is 25.5. The number of aliphatic hydroxyl groups excluding tert-OH is 1.